The van der Waals surface area contributed by atoms with Crippen molar-refractivity contribution in [3.63, 3.8) is 0 Å². The van der Waals surface area contributed by atoms with E-state index in [1.54, 1.807) is 14.2 Å². The predicted molar refractivity (Wildman–Crippen MR) is 77.4 cm³/mol. The number of methoxy groups -OCH3 is 2. The van der Waals surface area contributed by atoms with E-state index in [0.717, 1.165) is 32.8 Å². The molecular weight excluding hydrogens is 240 g/mol. The fourth-order valence-corrected chi connectivity index (χ4v) is 2.15. The summed E-state index contributed by atoms with van der Waals surface area (Å²) in [6.07, 6.45) is 2.12. The summed E-state index contributed by atoms with van der Waals surface area (Å²) >= 11 is 0. The Labute approximate surface area is 114 Å². The molecule has 0 spiro atoms. The van der Waals surface area contributed by atoms with Crippen LogP contribution in [0.4, 0.5) is 0 Å². The van der Waals surface area contributed by atoms with Crippen LogP contribution in [0.5, 0.6) is 0 Å². The van der Waals surface area contributed by atoms with Crippen LogP contribution in [0.2, 0.25) is 0 Å². The minimum atomic E-state index is 0.740. The number of nitrogens with zero attached hydrogens (tertiary/aromatic N) is 1. The standard InChI is InChI=1S/C15H22N2O2/c1-18-9-6-16-12-13-3-4-15-14(11-13)5-7-17(15)8-10-19-2/h3-5,7,11,16H,6,8-10,12H2,1-2H3. The second-order valence-electron chi connectivity index (χ2n) is 4.56. The average Bonchev–Trinajstić information content (AvgIpc) is 2.84. The van der Waals surface area contributed by atoms with Crippen LogP contribution in [-0.2, 0) is 22.6 Å². The lowest BCUT2D eigenvalue weighted by Gasteiger charge is -2.07. The quantitative estimate of drug-likeness (QED) is 0.739. The molecule has 0 aliphatic rings. The third-order valence-electron chi connectivity index (χ3n) is 3.18. The summed E-state index contributed by atoms with van der Waals surface area (Å²) in [6.45, 7) is 4.14. The van der Waals surface area contributed by atoms with Gasteiger partial charge in [0.15, 0.2) is 0 Å². The van der Waals surface area contributed by atoms with Gasteiger partial charge in [0.2, 0.25) is 0 Å². The van der Waals surface area contributed by atoms with Gasteiger partial charge < -0.3 is 19.4 Å². The molecule has 4 heteroatoms. The Bertz CT molecular complexity index is 508. The summed E-state index contributed by atoms with van der Waals surface area (Å²) in [5, 5.41) is 4.64. The van der Waals surface area contributed by atoms with Gasteiger partial charge in [-0.3, -0.25) is 0 Å². The van der Waals surface area contributed by atoms with Crippen molar-refractivity contribution >= 4 is 10.9 Å². The number of fused-ring (bicyclic) bond motifs is 1. The molecule has 0 aliphatic carbocycles. The van der Waals surface area contributed by atoms with Gasteiger partial charge in [-0.2, -0.15) is 0 Å². The maximum atomic E-state index is 5.12. The van der Waals surface area contributed by atoms with Gasteiger partial charge in [0.25, 0.3) is 0 Å². The molecule has 0 saturated carbocycles. The number of hydrogen-bond acceptors (Lipinski definition) is 3. The summed E-state index contributed by atoms with van der Waals surface area (Å²) in [5.41, 5.74) is 2.56. The molecular formula is C15H22N2O2. The second-order valence-corrected chi connectivity index (χ2v) is 4.56. The first-order valence-electron chi connectivity index (χ1n) is 6.61. The Morgan fingerprint density at radius 1 is 1.11 bits per heavy atom. The van der Waals surface area contributed by atoms with Crippen LogP contribution < -0.4 is 5.32 Å². The molecule has 1 aromatic carbocycles. The molecule has 0 unspecified atom stereocenters. The molecule has 2 rings (SSSR count). The van der Waals surface area contributed by atoms with Gasteiger partial charge in [0.1, 0.15) is 0 Å². The molecule has 104 valence electrons. The van der Waals surface area contributed by atoms with E-state index in [-0.39, 0.29) is 0 Å². The molecule has 0 amide bonds. The average molecular weight is 262 g/mol. The molecule has 2 aromatic rings. The van der Waals surface area contributed by atoms with Crippen LogP contribution in [0.15, 0.2) is 30.5 Å². The topological polar surface area (TPSA) is 35.4 Å². The van der Waals surface area contributed by atoms with E-state index >= 15 is 0 Å². The first-order valence-corrected chi connectivity index (χ1v) is 6.61. The lowest BCUT2D eigenvalue weighted by atomic mass is 10.1. The highest BCUT2D eigenvalue weighted by Gasteiger charge is 2.02. The molecule has 0 radical (unpaired) electrons. The van der Waals surface area contributed by atoms with E-state index in [4.69, 9.17) is 9.47 Å². The molecule has 19 heavy (non-hydrogen) atoms. The molecule has 0 atom stereocenters. The molecule has 0 fully saturated rings. The number of benzene rings is 1. The summed E-state index contributed by atoms with van der Waals surface area (Å²) in [5.74, 6) is 0. The SMILES string of the molecule is COCCNCc1ccc2c(ccn2CCOC)c1. The minimum absolute atomic E-state index is 0.740. The van der Waals surface area contributed by atoms with Gasteiger partial charge in [-0.05, 0) is 29.1 Å². The van der Waals surface area contributed by atoms with E-state index in [1.165, 1.54) is 16.5 Å². The maximum Gasteiger partial charge on any atom is 0.0641 e. The van der Waals surface area contributed by atoms with Crippen LogP contribution in [0.3, 0.4) is 0 Å². The molecule has 0 aliphatic heterocycles. The molecule has 1 heterocycles. The Morgan fingerprint density at radius 2 is 1.95 bits per heavy atom. The largest absolute Gasteiger partial charge is 0.383 e. The fourth-order valence-electron chi connectivity index (χ4n) is 2.15. The van der Waals surface area contributed by atoms with Crippen LogP contribution in [0, 0.1) is 0 Å². The third-order valence-corrected chi connectivity index (χ3v) is 3.18. The summed E-state index contributed by atoms with van der Waals surface area (Å²) in [7, 11) is 3.45. The first-order chi connectivity index (χ1) is 9.35. The van der Waals surface area contributed by atoms with Crippen molar-refractivity contribution < 1.29 is 9.47 Å². The lowest BCUT2D eigenvalue weighted by molar-refractivity contribution is 0.188. The zero-order valence-corrected chi connectivity index (χ0v) is 11.7. The Balaban J connectivity index is 2.01. The Morgan fingerprint density at radius 3 is 2.74 bits per heavy atom. The van der Waals surface area contributed by atoms with Crippen LogP contribution in [0.25, 0.3) is 10.9 Å². The second kappa shape index (κ2) is 7.28. The highest BCUT2D eigenvalue weighted by Crippen LogP contribution is 2.17. The fraction of sp³-hybridized carbons (Fsp3) is 0.467. The van der Waals surface area contributed by atoms with Crippen LogP contribution in [0.1, 0.15) is 5.56 Å². The van der Waals surface area contributed by atoms with Crippen molar-refractivity contribution in [1.29, 1.82) is 0 Å². The van der Waals surface area contributed by atoms with E-state index in [1.807, 2.05) is 0 Å². The smallest absolute Gasteiger partial charge is 0.0641 e. The number of hydrogen-bond donors (Lipinski definition) is 1. The summed E-state index contributed by atoms with van der Waals surface area (Å²) < 4.78 is 12.4. The van der Waals surface area contributed by atoms with Gasteiger partial charge in [-0.25, -0.2) is 0 Å². The zero-order chi connectivity index (χ0) is 13.5. The van der Waals surface area contributed by atoms with Crippen molar-refractivity contribution in [3.8, 4) is 0 Å². The van der Waals surface area contributed by atoms with Gasteiger partial charge in [0.05, 0.1) is 13.2 Å². The molecule has 4 nitrogen and oxygen atoms in total. The van der Waals surface area contributed by atoms with E-state index in [2.05, 4.69) is 40.3 Å². The normalized spacial score (nSPS) is 11.3. The van der Waals surface area contributed by atoms with Crippen LogP contribution in [-0.4, -0.2) is 38.5 Å². The highest BCUT2D eigenvalue weighted by atomic mass is 16.5. The molecule has 1 N–H and O–H groups in total. The lowest BCUT2D eigenvalue weighted by Crippen LogP contribution is -2.18. The third kappa shape index (κ3) is 3.80. The van der Waals surface area contributed by atoms with E-state index in [9.17, 15) is 0 Å². The maximum absolute atomic E-state index is 5.12. The molecule has 1 aromatic heterocycles. The number of rotatable bonds is 8. The van der Waals surface area contributed by atoms with E-state index < -0.39 is 0 Å². The highest BCUT2D eigenvalue weighted by molar-refractivity contribution is 5.80. The van der Waals surface area contributed by atoms with Crippen molar-refractivity contribution in [2.75, 3.05) is 34.0 Å². The minimum Gasteiger partial charge on any atom is -0.383 e. The van der Waals surface area contributed by atoms with Gasteiger partial charge in [-0.15, -0.1) is 0 Å². The van der Waals surface area contributed by atoms with Gasteiger partial charge in [0, 0.05) is 45.6 Å². The van der Waals surface area contributed by atoms with E-state index in [0.29, 0.717) is 0 Å². The number of nitrogens with one attached hydrogen (secondary N) is 1. The van der Waals surface area contributed by atoms with Crippen molar-refractivity contribution in [1.82, 2.24) is 9.88 Å². The number of aromatic nitrogens is 1. The monoisotopic (exact) mass is 262 g/mol. The predicted octanol–water partition coefficient (Wildman–Crippen LogP) is 2.02. The number of ether oxygens (including phenoxy) is 2. The van der Waals surface area contributed by atoms with Crippen molar-refractivity contribution in [3.05, 3.63) is 36.0 Å². The summed E-state index contributed by atoms with van der Waals surface area (Å²) in [6, 6.07) is 8.74. The molecule has 0 saturated heterocycles. The van der Waals surface area contributed by atoms with Crippen molar-refractivity contribution in [2.45, 2.75) is 13.1 Å². The zero-order valence-electron chi connectivity index (χ0n) is 11.7. The summed E-state index contributed by atoms with van der Waals surface area (Å²) in [4.78, 5) is 0. The van der Waals surface area contributed by atoms with Gasteiger partial charge >= 0.3 is 0 Å². The Kier molecular flexibility index (Phi) is 5.39. The molecule has 0 bridgehead atoms. The Hall–Kier alpha value is -1.36. The first kappa shape index (κ1) is 14.1. The van der Waals surface area contributed by atoms with Crippen LogP contribution >= 0.6 is 0 Å². The van der Waals surface area contributed by atoms with Gasteiger partial charge in [-0.1, -0.05) is 6.07 Å². The van der Waals surface area contributed by atoms with Crippen molar-refractivity contribution in [2.24, 2.45) is 0 Å².